The summed E-state index contributed by atoms with van der Waals surface area (Å²) in [7, 11) is 0. The van der Waals surface area contributed by atoms with Gasteiger partial charge >= 0.3 is 6.09 Å². The van der Waals surface area contributed by atoms with Crippen molar-refractivity contribution in [1.29, 1.82) is 0 Å². The summed E-state index contributed by atoms with van der Waals surface area (Å²) in [5, 5.41) is 3.38. The Morgan fingerprint density at radius 2 is 2.22 bits per heavy atom. The molecule has 0 spiro atoms. The number of carbonyl (C=O) groups excluding carboxylic acids is 1. The van der Waals surface area contributed by atoms with Crippen molar-refractivity contribution < 1.29 is 13.9 Å². The minimum absolute atomic E-state index is 0.140. The number of halogens is 2. The molecular weight excluding hydrogens is 319 g/mol. The fraction of sp³-hybridized carbons (Fsp3) is 0.588. The second kappa shape index (κ2) is 7.49. The molecule has 0 radical (unpaired) electrons. The maximum atomic E-state index is 13.8. The molecule has 6 heteroatoms. The van der Waals surface area contributed by atoms with Gasteiger partial charge in [0.05, 0.1) is 5.02 Å². The van der Waals surface area contributed by atoms with E-state index >= 15 is 0 Å². The van der Waals surface area contributed by atoms with E-state index in [9.17, 15) is 9.18 Å². The number of benzene rings is 1. The summed E-state index contributed by atoms with van der Waals surface area (Å²) in [6, 6.07) is 4.99. The zero-order chi connectivity index (χ0) is 17.0. The molecule has 0 saturated carbocycles. The number of ether oxygens (including phenoxy) is 1. The van der Waals surface area contributed by atoms with Gasteiger partial charge in [0.2, 0.25) is 0 Å². The highest BCUT2D eigenvalue weighted by Gasteiger charge is 2.29. The molecule has 128 valence electrons. The van der Waals surface area contributed by atoms with Gasteiger partial charge in [-0.15, -0.1) is 0 Å². The van der Waals surface area contributed by atoms with Gasteiger partial charge in [-0.2, -0.15) is 0 Å². The Kier molecular flexibility index (Phi) is 5.87. The van der Waals surface area contributed by atoms with Crippen molar-refractivity contribution in [2.75, 3.05) is 19.6 Å². The molecule has 0 bridgehead atoms. The number of likely N-dealkylation sites (tertiary alicyclic amines) is 1. The molecular formula is C17H24ClFN2O2. The van der Waals surface area contributed by atoms with Gasteiger partial charge < -0.3 is 15.0 Å². The molecule has 1 N–H and O–H groups in total. The second-order valence-corrected chi connectivity index (χ2v) is 7.33. The van der Waals surface area contributed by atoms with Crippen LogP contribution in [-0.2, 0) is 11.3 Å². The standard InChI is InChI=1S/C17H24ClFN2O2/c1-17(2,3)23-16(22)21-8-7-12(11-21)9-20-10-13-5-4-6-14(18)15(13)19/h4-6,12,20H,7-11H2,1-3H3. The Hall–Kier alpha value is -1.33. The Labute approximate surface area is 141 Å². The normalized spacial score (nSPS) is 18.3. The largest absolute Gasteiger partial charge is 0.444 e. The third-order valence-corrected chi connectivity index (χ3v) is 4.01. The first-order valence-corrected chi connectivity index (χ1v) is 8.25. The molecule has 1 unspecified atom stereocenters. The van der Waals surface area contributed by atoms with Crippen LogP contribution in [0.2, 0.25) is 5.02 Å². The summed E-state index contributed by atoms with van der Waals surface area (Å²) in [4.78, 5) is 13.7. The summed E-state index contributed by atoms with van der Waals surface area (Å²) in [6.45, 7) is 8.10. The van der Waals surface area contributed by atoms with Crippen LogP contribution in [0.25, 0.3) is 0 Å². The molecule has 1 aliphatic heterocycles. The van der Waals surface area contributed by atoms with Crippen LogP contribution in [0.4, 0.5) is 9.18 Å². The van der Waals surface area contributed by atoms with Crippen molar-refractivity contribution in [2.24, 2.45) is 5.92 Å². The molecule has 1 fully saturated rings. The van der Waals surface area contributed by atoms with Crippen LogP contribution in [0.5, 0.6) is 0 Å². The van der Waals surface area contributed by atoms with E-state index in [1.807, 2.05) is 20.8 Å². The molecule has 0 aromatic heterocycles. The Morgan fingerprint density at radius 1 is 1.48 bits per heavy atom. The average molecular weight is 343 g/mol. The number of hydrogen-bond donors (Lipinski definition) is 1. The molecule has 1 saturated heterocycles. The maximum absolute atomic E-state index is 13.8. The zero-order valence-electron chi connectivity index (χ0n) is 13.9. The minimum atomic E-state index is -0.475. The van der Waals surface area contributed by atoms with Crippen molar-refractivity contribution in [3.05, 3.63) is 34.6 Å². The molecule has 1 aliphatic rings. The van der Waals surface area contributed by atoms with E-state index in [1.165, 1.54) is 6.07 Å². The monoisotopic (exact) mass is 342 g/mol. The lowest BCUT2D eigenvalue weighted by Crippen LogP contribution is -2.36. The van der Waals surface area contributed by atoms with Gasteiger partial charge in [-0.1, -0.05) is 23.7 Å². The van der Waals surface area contributed by atoms with Crippen LogP contribution in [0.1, 0.15) is 32.8 Å². The quantitative estimate of drug-likeness (QED) is 0.904. The van der Waals surface area contributed by atoms with Crippen LogP contribution < -0.4 is 5.32 Å². The predicted octanol–water partition coefficient (Wildman–Crippen LogP) is 3.83. The number of nitrogens with one attached hydrogen (secondary N) is 1. The molecule has 0 aliphatic carbocycles. The van der Waals surface area contributed by atoms with E-state index in [0.717, 1.165) is 13.0 Å². The van der Waals surface area contributed by atoms with Crippen molar-refractivity contribution in [3.8, 4) is 0 Å². The van der Waals surface area contributed by atoms with Crippen LogP contribution in [0.15, 0.2) is 18.2 Å². The first kappa shape index (κ1) is 18.0. The lowest BCUT2D eigenvalue weighted by molar-refractivity contribution is 0.0288. The van der Waals surface area contributed by atoms with Crippen molar-refractivity contribution in [2.45, 2.75) is 39.3 Å². The molecule has 1 amide bonds. The molecule has 23 heavy (non-hydrogen) atoms. The van der Waals surface area contributed by atoms with Gasteiger partial charge in [-0.05, 0) is 39.2 Å². The summed E-state index contributed by atoms with van der Waals surface area (Å²) < 4.78 is 19.2. The topological polar surface area (TPSA) is 41.6 Å². The number of nitrogens with zero attached hydrogens (tertiary/aromatic N) is 1. The second-order valence-electron chi connectivity index (χ2n) is 6.92. The minimum Gasteiger partial charge on any atom is -0.444 e. The summed E-state index contributed by atoms with van der Waals surface area (Å²) in [6.07, 6.45) is 0.658. The van der Waals surface area contributed by atoms with E-state index in [1.54, 1.807) is 17.0 Å². The molecule has 2 rings (SSSR count). The van der Waals surface area contributed by atoms with Crippen molar-refractivity contribution in [3.63, 3.8) is 0 Å². The Bertz CT molecular complexity index is 560. The molecule has 1 aromatic rings. The van der Waals surface area contributed by atoms with Crippen LogP contribution in [0, 0.1) is 11.7 Å². The summed E-state index contributed by atoms with van der Waals surface area (Å²) in [5.41, 5.74) is 0.0804. The number of carbonyl (C=O) groups is 1. The third kappa shape index (κ3) is 5.36. The van der Waals surface area contributed by atoms with Crippen LogP contribution in [0.3, 0.4) is 0 Å². The predicted molar refractivity (Wildman–Crippen MR) is 89.0 cm³/mol. The summed E-state index contributed by atoms with van der Waals surface area (Å²) in [5.74, 6) is -0.0202. The maximum Gasteiger partial charge on any atom is 0.410 e. The lowest BCUT2D eigenvalue weighted by Gasteiger charge is -2.24. The number of rotatable bonds is 4. The average Bonchev–Trinajstić information content (AvgIpc) is 2.91. The summed E-state index contributed by atoms with van der Waals surface area (Å²) >= 11 is 5.77. The Morgan fingerprint density at radius 3 is 2.91 bits per heavy atom. The Balaban J connectivity index is 1.76. The molecule has 1 atom stereocenters. The molecule has 4 nitrogen and oxygen atoms in total. The number of amides is 1. The van der Waals surface area contributed by atoms with Gasteiger partial charge in [0, 0.05) is 31.7 Å². The first-order valence-electron chi connectivity index (χ1n) is 7.88. The van der Waals surface area contributed by atoms with Crippen molar-refractivity contribution in [1.82, 2.24) is 10.2 Å². The highest BCUT2D eigenvalue weighted by molar-refractivity contribution is 6.30. The van der Waals surface area contributed by atoms with Gasteiger partial charge in [0.15, 0.2) is 0 Å². The SMILES string of the molecule is CC(C)(C)OC(=O)N1CCC(CNCc2cccc(Cl)c2F)C1. The van der Waals surface area contributed by atoms with Gasteiger partial charge in [-0.25, -0.2) is 9.18 Å². The highest BCUT2D eigenvalue weighted by Crippen LogP contribution is 2.20. The highest BCUT2D eigenvalue weighted by atomic mass is 35.5. The third-order valence-electron chi connectivity index (χ3n) is 3.72. The van der Waals surface area contributed by atoms with E-state index in [4.69, 9.17) is 16.3 Å². The van der Waals surface area contributed by atoms with E-state index in [-0.39, 0.29) is 16.9 Å². The van der Waals surface area contributed by atoms with Crippen LogP contribution in [-0.4, -0.2) is 36.2 Å². The molecule has 1 aromatic carbocycles. The molecule has 1 heterocycles. The first-order chi connectivity index (χ1) is 10.8. The fourth-order valence-electron chi connectivity index (χ4n) is 2.59. The number of hydrogen-bond acceptors (Lipinski definition) is 3. The fourth-order valence-corrected chi connectivity index (χ4v) is 2.78. The van der Waals surface area contributed by atoms with Gasteiger partial charge in [0.1, 0.15) is 11.4 Å². The van der Waals surface area contributed by atoms with Gasteiger partial charge in [-0.3, -0.25) is 0 Å². The van der Waals surface area contributed by atoms with Crippen LogP contribution >= 0.6 is 11.6 Å². The van der Waals surface area contributed by atoms with Gasteiger partial charge in [0.25, 0.3) is 0 Å². The van der Waals surface area contributed by atoms with E-state index in [0.29, 0.717) is 31.1 Å². The van der Waals surface area contributed by atoms with E-state index in [2.05, 4.69) is 5.32 Å². The lowest BCUT2D eigenvalue weighted by atomic mass is 10.1. The van der Waals surface area contributed by atoms with E-state index < -0.39 is 5.60 Å². The smallest absolute Gasteiger partial charge is 0.410 e. The van der Waals surface area contributed by atoms with Crippen molar-refractivity contribution >= 4 is 17.7 Å². The zero-order valence-corrected chi connectivity index (χ0v) is 14.6.